The lowest BCUT2D eigenvalue weighted by Gasteiger charge is -2.35. The summed E-state index contributed by atoms with van der Waals surface area (Å²) in [5.74, 6) is 0.154. The van der Waals surface area contributed by atoms with E-state index >= 15 is 0 Å². The van der Waals surface area contributed by atoms with E-state index in [9.17, 15) is 9.18 Å². The summed E-state index contributed by atoms with van der Waals surface area (Å²) in [6, 6.07) is 6.50. The van der Waals surface area contributed by atoms with Crippen molar-refractivity contribution >= 4 is 5.97 Å². The van der Waals surface area contributed by atoms with Crippen molar-refractivity contribution in [2.24, 2.45) is 5.92 Å². The van der Waals surface area contributed by atoms with E-state index in [0.29, 0.717) is 12.5 Å². The van der Waals surface area contributed by atoms with Gasteiger partial charge in [-0.1, -0.05) is 18.6 Å². The van der Waals surface area contributed by atoms with Gasteiger partial charge in [-0.25, -0.2) is 4.39 Å². The first-order chi connectivity index (χ1) is 9.24. The molecule has 19 heavy (non-hydrogen) atoms. The SMILES string of the molecule is O=C1OCC[C@@H]1N[C@H](c1ccc(F)cc1)C1CCC1. The zero-order valence-electron chi connectivity index (χ0n) is 10.8. The lowest BCUT2D eigenvalue weighted by Crippen LogP contribution is -2.41. The molecule has 1 heterocycles. The van der Waals surface area contributed by atoms with Crippen molar-refractivity contribution in [2.75, 3.05) is 6.61 Å². The maximum Gasteiger partial charge on any atom is 0.323 e. The molecule has 0 amide bonds. The average Bonchev–Trinajstić information content (AvgIpc) is 2.73. The van der Waals surface area contributed by atoms with Crippen LogP contribution in [0.5, 0.6) is 0 Å². The molecule has 1 aromatic rings. The van der Waals surface area contributed by atoms with E-state index in [1.165, 1.54) is 18.6 Å². The van der Waals surface area contributed by atoms with Gasteiger partial charge in [0.15, 0.2) is 0 Å². The van der Waals surface area contributed by atoms with E-state index in [4.69, 9.17) is 4.74 Å². The van der Waals surface area contributed by atoms with E-state index in [1.807, 2.05) is 12.1 Å². The number of hydrogen-bond acceptors (Lipinski definition) is 3. The largest absolute Gasteiger partial charge is 0.464 e. The average molecular weight is 263 g/mol. The molecule has 2 fully saturated rings. The normalized spacial score (nSPS) is 24.9. The number of carbonyl (C=O) groups is 1. The van der Waals surface area contributed by atoms with Gasteiger partial charge in [-0.2, -0.15) is 0 Å². The number of hydrogen-bond donors (Lipinski definition) is 1. The Bertz CT molecular complexity index is 456. The molecular formula is C15H18FNO2. The standard InChI is InChI=1S/C15H18FNO2/c16-12-6-4-11(5-7-12)14(10-2-1-3-10)17-13-8-9-19-15(13)18/h4-7,10,13-14,17H,1-3,8-9H2/t13-,14-/m0/s1. The topological polar surface area (TPSA) is 38.3 Å². The molecule has 4 heteroatoms. The van der Waals surface area contributed by atoms with E-state index in [2.05, 4.69) is 5.32 Å². The summed E-state index contributed by atoms with van der Waals surface area (Å²) in [6.45, 7) is 0.497. The quantitative estimate of drug-likeness (QED) is 0.848. The van der Waals surface area contributed by atoms with Crippen molar-refractivity contribution in [3.8, 4) is 0 Å². The van der Waals surface area contributed by atoms with Gasteiger partial charge in [0, 0.05) is 12.5 Å². The fraction of sp³-hybridized carbons (Fsp3) is 0.533. The summed E-state index contributed by atoms with van der Waals surface area (Å²) in [7, 11) is 0. The molecule has 1 aliphatic carbocycles. The minimum Gasteiger partial charge on any atom is -0.464 e. The first kappa shape index (κ1) is 12.6. The summed E-state index contributed by atoms with van der Waals surface area (Å²) >= 11 is 0. The molecule has 0 aromatic heterocycles. The molecule has 0 bridgehead atoms. The van der Waals surface area contributed by atoms with E-state index in [-0.39, 0.29) is 23.9 Å². The lowest BCUT2D eigenvalue weighted by atomic mass is 9.77. The van der Waals surface area contributed by atoms with Gasteiger partial charge in [0.25, 0.3) is 0 Å². The molecule has 1 saturated heterocycles. The summed E-state index contributed by atoms with van der Waals surface area (Å²) in [5, 5.41) is 3.41. The van der Waals surface area contributed by atoms with Gasteiger partial charge in [-0.3, -0.25) is 10.1 Å². The molecule has 1 saturated carbocycles. The Hall–Kier alpha value is -1.42. The predicted molar refractivity (Wildman–Crippen MR) is 69.0 cm³/mol. The van der Waals surface area contributed by atoms with Gasteiger partial charge in [-0.05, 0) is 36.5 Å². The number of cyclic esters (lactones) is 1. The van der Waals surface area contributed by atoms with Crippen LogP contribution >= 0.6 is 0 Å². The highest BCUT2D eigenvalue weighted by molar-refractivity contribution is 5.77. The van der Waals surface area contributed by atoms with Crippen molar-refractivity contribution in [3.05, 3.63) is 35.6 Å². The Labute approximate surface area is 112 Å². The van der Waals surface area contributed by atoms with Gasteiger partial charge in [0.2, 0.25) is 0 Å². The maximum atomic E-state index is 13.0. The third-order valence-electron chi connectivity index (χ3n) is 4.17. The van der Waals surface area contributed by atoms with Gasteiger partial charge in [0.1, 0.15) is 11.9 Å². The first-order valence-electron chi connectivity index (χ1n) is 6.92. The van der Waals surface area contributed by atoms with E-state index in [1.54, 1.807) is 0 Å². The van der Waals surface area contributed by atoms with Crippen molar-refractivity contribution < 1.29 is 13.9 Å². The Morgan fingerprint density at radius 1 is 1.21 bits per heavy atom. The number of rotatable bonds is 4. The number of halogens is 1. The zero-order valence-corrected chi connectivity index (χ0v) is 10.8. The zero-order chi connectivity index (χ0) is 13.2. The van der Waals surface area contributed by atoms with Crippen molar-refractivity contribution in [3.63, 3.8) is 0 Å². The molecule has 3 nitrogen and oxygen atoms in total. The summed E-state index contributed by atoms with van der Waals surface area (Å²) < 4.78 is 18.0. The van der Waals surface area contributed by atoms with Crippen LogP contribution in [0.3, 0.4) is 0 Å². The molecular weight excluding hydrogens is 245 g/mol. The smallest absolute Gasteiger partial charge is 0.323 e. The molecule has 1 aliphatic heterocycles. The third-order valence-corrected chi connectivity index (χ3v) is 4.17. The summed E-state index contributed by atoms with van der Waals surface area (Å²) in [4.78, 5) is 11.6. The van der Waals surface area contributed by atoms with Crippen LogP contribution in [0.2, 0.25) is 0 Å². The van der Waals surface area contributed by atoms with E-state index in [0.717, 1.165) is 24.8 Å². The van der Waals surface area contributed by atoms with Crippen LogP contribution < -0.4 is 5.32 Å². The Morgan fingerprint density at radius 2 is 1.95 bits per heavy atom. The second-order valence-electron chi connectivity index (χ2n) is 5.40. The third kappa shape index (κ3) is 2.63. The van der Waals surface area contributed by atoms with E-state index < -0.39 is 0 Å². The van der Waals surface area contributed by atoms with Crippen LogP contribution in [-0.2, 0) is 9.53 Å². The van der Waals surface area contributed by atoms with Crippen LogP contribution in [0, 0.1) is 11.7 Å². The highest BCUT2D eigenvalue weighted by Gasteiger charge is 2.34. The molecule has 0 radical (unpaired) electrons. The van der Waals surface area contributed by atoms with Crippen molar-refractivity contribution in [1.82, 2.24) is 5.32 Å². The molecule has 1 N–H and O–H groups in total. The molecule has 0 unspecified atom stereocenters. The Kier molecular flexibility index (Phi) is 3.51. The highest BCUT2D eigenvalue weighted by atomic mass is 19.1. The molecule has 0 spiro atoms. The number of benzene rings is 1. The fourth-order valence-electron chi connectivity index (χ4n) is 2.81. The first-order valence-corrected chi connectivity index (χ1v) is 6.92. The minimum absolute atomic E-state index is 0.130. The summed E-state index contributed by atoms with van der Waals surface area (Å²) in [5.41, 5.74) is 1.06. The Balaban J connectivity index is 1.77. The van der Waals surface area contributed by atoms with Gasteiger partial charge < -0.3 is 4.74 Å². The van der Waals surface area contributed by atoms with Gasteiger partial charge >= 0.3 is 5.97 Å². The molecule has 2 atom stereocenters. The Morgan fingerprint density at radius 3 is 2.47 bits per heavy atom. The number of ether oxygens (including phenoxy) is 1. The van der Waals surface area contributed by atoms with Crippen molar-refractivity contribution in [1.29, 1.82) is 0 Å². The highest BCUT2D eigenvalue weighted by Crippen LogP contribution is 2.38. The monoisotopic (exact) mass is 263 g/mol. The lowest BCUT2D eigenvalue weighted by molar-refractivity contribution is -0.140. The van der Waals surface area contributed by atoms with Crippen LogP contribution in [0.15, 0.2) is 24.3 Å². The van der Waals surface area contributed by atoms with Gasteiger partial charge in [-0.15, -0.1) is 0 Å². The van der Waals surface area contributed by atoms with Crippen molar-refractivity contribution in [2.45, 2.75) is 37.8 Å². The van der Waals surface area contributed by atoms with Crippen LogP contribution in [0.4, 0.5) is 4.39 Å². The second-order valence-corrected chi connectivity index (χ2v) is 5.40. The molecule has 3 rings (SSSR count). The number of esters is 1. The second kappa shape index (κ2) is 5.29. The van der Waals surface area contributed by atoms with Gasteiger partial charge in [0.05, 0.1) is 6.61 Å². The maximum absolute atomic E-state index is 13.0. The minimum atomic E-state index is -0.226. The summed E-state index contributed by atoms with van der Waals surface area (Å²) in [6.07, 6.45) is 4.29. The van der Waals surface area contributed by atoms with Crippen LogP contribution in [-0.4, -0.2) is 18.6 Å². The molecule has 102 valence electrons. The van der Waals surface area contributed by atoms with Crippen LogP contribution in [0.25, 0.3) is 0 Å². The number of carbonyl (C=O) groups excluding carboxylic acids is 1. The number of nitrogens with one attached hydrogen (secondary N) is 1. The predicted octanol–water partition coefficient (Wildman–Crippen LogP) is 2.57. The molecule has 1 aromatic carbocycles. The molecule has 2 aliphatic rings. The van der Waals surface area contributed by atoms with Crippen LogP contribution in [0.1, 0.15) is 37.3 Å². The fourth-order valence-corrected chi connectivity index (χ4v) is 2.81.